The van der Waals surface area contributed by atoms with Gasteiger partial charge in [-0.1, -0.05) is 67.7 Å². The molecular formula is C42H76GeSi2Sn. The summed E-state index contributed by atoms with van der Waals surface area (Å²) in [5.41, 5.74) is 9.74. The van der Waals surface area contributed by atoms with Crippen molar-refractivity contribution in [1.82, 2.24) is 0 Å². The van der Waals surface area contributed by atoms with Crippen molar-refractivity contribution in [2.24, 2.45) is 0 Å². The minimum absolute atomic E-state index is 0.0502. The predicted octanol–water partition coefficient (Wildman–Crippen LogP) is 12.8. The fourth-order valence-corrected chi connectivity index (χ4v) is 21.9. The van der Waals surface area contributed by atoms with E-state index in [0.29, 0.717) is 45.6 Å². The van der Waals surface area contributed by atoms with Crippen molar-refractivity contribution in [2.75, 3.05) is 0 Å². The van der Waals surface area contributed by atoms with Crippen LogP contribution < -0.4 is 7.98 Å². The van der Waals surface area contributed by atoms with E-state index >= 15 is 0 Å². The van der Waals surface area contributed by atoms with Gasteiger partial charge in [-0.2, -0.15) is 0 Å². The quantitative estimate of drug-likeness (QED) is 0.233. The van der Waals surface area contributed by atoms with Crippen LogP contribution in [-0.4, -0.2) is 47.3 Å². The molecule has 0 saturated carbocycles. The molecule has 0 amide bonds. The van der Waals surface area contributed by atoms with E-state index in [1.165, 1.54) is 11.1 Å². The molecule has 0 unspecified atom stereocenters. The Hall–Kier alpha value is 0.215. The molecule has 0 fully saturated rings. The summed E-state index contributed by atoms with van der Waals surface area (Å²) >= 11 is -0.764. The minimum atomic E-state index is -0.659. The van der Waals surface area contributed by atoms with E-state index in [9.17, 15) is 0 Å². The van der Waals surface area contributed by atoms with Crippen molar-refractivity contribution in [1.29, 1.82) is 0 Å². The van der Waals surface area contributed by atoms with Crippen LogP contribution in [0, 0.1) is 0 Å². The summed E-state index contributed by atoms with van der Waals surface area (Å²) in [7, 11) is -0.100. The van der Waals surface area contributed by atoms with E-state index in [1.807, 2.05) is 7.98 Å². The van der Waals surface area contributed by atoms with E-state index in [2.05, 4.69) is 175 Å². The van der Waals surface area contributed by atoms with Gasteiger partial charge in [-0.3, -0.25) is 0 Å². The molecule has 260 valence electrons. The van der Waals surface area contributed by atoms with Gasteiger partial charge in [0.1, 0.15) is 0 Å². The van der Waals surface area contributed by atoms with Crippen LogP contribution in [0.25, 0.3) is 0 Å². The first kappa shape index (κ1) is 46.2. The Balaban J connectivity index is 0.00000120. The van der Waals surface area contributed by atoms with E-state index in [4.69, 9.17) is 0 Å². The molecule has 2 rings (SSSR count). The van der Waals surface area contributed by atoms with Crippen molar-refractivity contribution < 1.29 is 0 Å². The van der Waals surface area contributed by atoms with Gasteiger partial charge in [-0.25, -0.2) is 0 Å². The molecule has 0 heterocycles. The van der Waals surface area contributed by atoms with Gasteiger partial charge in [0, 0.05) is 17.6 Å². The van der Waals surface area contributed by atoms with Gasteiger partial charge < -0.3 is 0 Å². The summed E-state index contributed by atoms with van der Waals surface area (Å²) < 4.78 is 3.64. The van der Waals surface area contributed by atoms with Gasteiger partial charge in [-0.05, 0) is 10.1 Å². The molecule has 4 radical (unpaired) electrons. The van der Waals surface area contributed by atoms with Gasteiger partial charge >= 0.3 is 214 Å². The molecular weight excluding hydrogens is 752 g/mol. The monoisotopic (exact) mass is 830 g/mol. The Morgan fingerprint density at radius 3 is 0.891 bits per heavy atom. The molecule has 0 saturated heterocycles. The fourth-order valence-electron chi connectivity index (χ4n) is 4.33. The van der Waals surface area contributed by atoms with Gasteiger partial charge in [-0.15, -0.1) is 0 Å². The molecule has 2 aromatic carbocycles. The topological polar surface area (TPSA) is 0 Å². The van der Waals surface area contributed by atoms with Crippen molar-refractivity contribution in [3.05, 3.63) is 57.6 Å². The first-order valence-corrected chi connectivity index (χ1v) is 34.2. The standard InChI is InChI=1S/C15H23Ge.C15H23.2C6H15Si.Sn/c1-9(2)12-7-13(10(3)4)15(16)14(8-12)11(5)6;1-10(2)13-7-14(11(3)4)9-15(8-13)12(5)6;2*1-6(2,3)7(4)5;/h7-11H,1-6H3;7-8,10-12H,1-6H3;2*1-5H3;. The zero-order valence-electron chi connectivity index (χ0n) is 34.8. The first-order chi connectivity index (χ1) is 20.7. The summed E-state index contributed by atoms with van der Waals surface area (Å²) in [4.78, 5) is 0. The second-order valence-electron chi connectivity index (χ2n) is 17.8. The SMILES string of the molecule is CC(C)c1cc(C(C)C)[c]([Ge]=[Sn][c]2c(C(C)C)cc(C(C)C)cc2C(C)C)c(C(C)C)c1.C[Si](C)C(C)(C)C.C[Si](C)C(C)(C)C. The molecule has 0 spiro atoms. The molecule has 0 nitrogen and oxygen atoms in total. The van der Waals surface area contributed by atoms with Crippen LogP contribution in [0.1, 0.15) is 194 Å². The largest absolute Gasteiger partial charge is 0.0709 e. The third kappa shape index (κ3) is 15.4. The van der Waals surface area contributed by atoms with Crippen molar-refractivity contribution >= 4 is 55.3 Å². The zero-order chi connectivity index (χ0) is 36.5. The Bertz CT molecular complexity index is 1070. The van der Waals surface area contributed by atoms with Crippen LogP contribution in [-0.2, 0) is 0 Å². The second kappa shape index (κ2) is 20.2. The average Bonchev–Trinajstić information content (AvgIpc) is 2.90. The van der Waals surface area contributed by atoms with Crippen LogP contribution in [0.15, 0.2) is 24.3 Å². The normalized spacial score (nSPS) is 12.7. The molecule has 0 aliphatic heterocycles. The predicted molar refractivity (Wildman–Crippen MR) is 223 cm³/mol. The van der Waals surface area contributed by atoms with Crippen LogP contribution in [0.5, 0.6) is 0 Å². The van der Waals surface area contributed by atoms with Crippen molar-refractivity contribution in [2.45, 2.75) is 196 Å². The maximum atomic E-state index is 2.57. The van der Waals surface area contributed by atoms with E-state index in [1.54, 1.807) is 22.3 Å². The van der Waals surface area contributed by atoms with Crippen LogP contribution >= 0.6 is 0 Å². The number of hydrogen-bond acceptors (Lipinski definition) is 0. The van der Waals surface area contributed by atoms with Crippen LogP contribution in [0.4, 0.5) is 0 Å². The molecule has 4 heteroatoms. The van der Waals surface area contributed by atoms with Gasteiger partial charge in [0.05, 0.1) is 0 Å². The number of rotatable bonds is 8. The van der Waals surface area contributed by atoms with Gasteiger partial charge in [0.15, 0.2) is 0 Å². The third-order valence-corrected chi connectivity index (χ3v) is 29.0. The van der Waals surface area contributed by atoms with Crippen molar-refractivity contribution in [3.63, 3.8) is 0 Å². The minimum Gasteiger partial charge on any atom is -0.0709 e. The Morgan fingerprint density at radius 1 is 0.457 bits per heavy atom. The molecule has 46 heavy (non-hydrogen) atoms. The summed E-state index contributed by atoms with van der Waals surface area (Å²) in [6.07, 6.45) is 0. The summed E-state index contributed by atoms with van der Waals surface area (Å²) in [6, 6.07) is 10.3. The average molecular weight is 829 g/mol. The number of benzene rings is 2. The Labute approximate surface area is 307 Å². The zero-order valence-corrected chi connectivity index (χ0v) is 41.7. The molecule has 0 aliphatic carbocycles. The van der Waals surface area contributed by atoms with Crippen molar-refractivity contribution in [3.8, 4) is 0 Å². The molecule has 0 atom stereocenters. The first-order valence-electron chi connectivity index (χ1n) is 18.2. The van der Waals surface area contributed by atoms with Crippen LogP contribution in [0.3, 0.4) is 0 Å². The van der Waals surface area contributed by atoms with E-state index < -0.39 is 18.2 Å². The molecule has 2 aromatic rings. The molecule has 0 bridgehead atoms. The molecule has 0 aromatic heterocycles. The number of hydrogen-bond donors (Lipinski definition) is 0. The van der Waals surface area contributed by atoms with Gasteiger partial charge in [0.2, 0.25) is 0 Å². The van der Waals surface area contributed by atoms with E-state index in [0.717, 1.165) is 0 Å². The van der Waals surface area contributed by atoms with E-state index in [-0.39, 0.29) is 29.2 Å². The smallest absolute Gasteiger partial charge is 0.0470 e. The molecule has 0 N–H and O–H groups in total. The summed E-state index contributed by atoms with van der Waals surface area (Å²) in [6.45, 7) is 51.9. The Kier molecular flexibility index (Phi) is 20.3. The maximum absolute atomic E-state index is 2.57. The Morgan fingerprint density at radius 2 is 0.696 bits per heavy atom. The second-order valence-corrected chi connectivity index (χ2v) is 35.8. The van der Waals surface area contributed by atoms with Crippen LogP contribution in [0.2, 0.25) is 36.3 Å². The summed E-state index contributed by atoms with van der Waals surface area (Å²) in [5, 5.41) is 1.20. The fraction of sp³-hybridized carbons (Fsp3) is 0.714. The third-order valence-electron chi connectivity index (χ3n) is 9.58. The maximum Gasteiger partial charge on any atom is 0.0470 e. The summed E-state index contributed by atoms with van der Waals surface area (Å²) in [5.74, 6) is 3.66. The van der Waals surface area contributed by atoms with Gasteiger partial charge in [0.25, 0.3) is 0 Å². The molecule has 0 aliphatic rings.